The number of Topliss-reactive ketones (excluding diaryl/α,β-unsaturated/α-hetero) is 1. The SMILES string of the molecule is CC(=C=C(C)C(O)C(C)C(O)C(C)C(O)C(C)C(O)C(C)CC/C=C(\C)C(=O)NC1=CC(=O)c2cc(O)c(C)cc2C1=O)C(=O)O. The van der Waals surface area contributed by atoms with Crippen LogP contribution in [0.15, 0.2) is 52.4 Å². The second-order valence-corrected chi connectivity index (χ2v) is 12.6. The van der Waals surface area contributed by atoms with E-state index in [4.69, 9.17) is 5.11 Å². The average Bonchev–Trinajstić information content (AvgIpc) is 3.01. The van der Waals surface area contributed by atoms with Gasteiger partial charge < -0.3 is 36.0 Å². The Morgan fingerprint density at radius 2 is 1.46 bits per heavy atom. The van der Waals surface area contributed by atoms with Crippen LogP contribution in [0.1, 0.15) is 87.6 Å². The molecule has 0 aliphatic heterocycles. The molecule has 0 fully saturated rings. The van der Waals surface area contributed by atoms with Gasteiger partial charge >= 0.3 is 5.97 Å². The number of aryl methyl sites for hydroxylation is 1. The molecule has 8 atom stereocenters. The average molecular weight is 642 g/mol. The first-order chi connectivity index (χ1) is 21.3. The fraction of sp³-hybridized carbons (Fsp3) is 0.514. The third-order valence-electron chi connectivity index (χ3n) is 8.97. The van der Waals surface area contributed by atoms with Crippen molar-refractivity contribution in [3.05, 3.63) is 69.1 Å². The van der Waals surface area contributed by atoms with E-state index in [-0.39, 0.29) is 39.6 Å². The third-order valence-corrected chi connectivity index (χ3v) is 8.97. The van der Waals surface area contributed by atoms with Crippen LogP contribution in [0.25, 0.3) is 0 Å². The normalized spacial score (nSPS) is 18.5. The minimum absolute atomic E-state index is 0.0639. The van der Waals surface area contributed by atoms with Crippen LogP contribution in [-0.2, 0) is 9.59 Å². The van der Waals surface area contributed by atoms with Gasteiger partial charge in [-0.15, -0.1) is 5.73 Å². The molecule has 0 heterocycles. The van der Waals surface area contributed by atoms with E-state index in [1.165, 1.54) is 26.0 Å². The minimum atomic E-state index is -1.20. The van der Waals surface area contributed by atoms with Crippen molar-refractivity contribution < 1.29 is 49.8 Å². The molecule has 1 aliphatic carbocycles. The monoisotopic (exact) mass is 641 g/mol. The van der Waals surface area contributed by atoms with E-state index in [9.17, 15) is 44.7 Å². The first kappa shape index (κ1) is 38.3. The summed E-state index contributed by atoms with van der Waals surface area (Å²) in [7, 11) is 0. The Kier molecular flexibility index (Phi) is 13.4. The van der Waals surface area contributed by atoms with Crippen LogP contribution in [0, 0.1) is 30.6 Å². The number of carboxylic acid groups (broad SMARTS) is 1. The molecule has 0 radical (unpaired) electrons. The summed E-state index contributed by atoms with van der Waals surface area (Å²) in [6, 6.07) is 2.64. The molecule has 7 N–H and O–H groups in total. The highest BCUT2D eigenvalue weighted by Gasteiger charge is 2.37. The molecule has 1 aromatic rings. The summed E-state index contributed by atoms with van der Waals surface area (Å²) in [6.07, 6.45) is -0.947. The van der Waals surface area contributed by atoms with Crippen LogP contribution in [0.2, 0.25) is 0 Å². The number of aliphatic hydroxyl groups excluding tert-OH is 4. The van der Waals surface area contributed by atoms with Gasteiger partial charge in [-0.1, -0.05) is 33.8 Å². The van der Waals surface area contributed by atoms with Gasteiger partial charge in [-0.25, -0.2) is 4.79 Å². The van der Waals surface area contributed by atoms with Gasteiger partial charge in [0.1, 0.15) is 5.75 Å². The van der Waals surface area contributed by atoms with E-state index >= 15 is 0 Å². The molecule has 8 unspecified atom stereocenters. The summed E-state index contributed by atoms with van der Waals surface area (Å²) in [5, 5.41) is 64.9. The van der Waals surface area contributed by atoms with Crippen LogP contribution in [-0.4, -0.2) is 78.5 Å². The molecule has 0 saturated heterocycles. The number of aliphatic hydroxyl groups is 4. The molecule has 11 heteroatoms. The van der Waals surface area contributed by atoms with E-state index in [1.807, 2.05) is 0 Å². The molecule has 0 aromatic heterocycles. The highest BCUT2D eigenvalue weighted by Crippen LogP contribution is 2.30. The highest BCUT2D eigenvalue weighted by atomic mass is 16.4. The molecule has 2 rings (SSSR count). The number of phenolic OH excluding ortho intramolecular Hbond substituents is 1. The summed E-state index contributed by atoms with van der Waals surface area (Å²) in [4.78, 5) is 49.3. The second kappa shape index (κ2) is 16.1. The first-order valence-corrected chi connectivity index (χ1v) is 15.3. The van der Waals surface area contributed by atoms with Crippen LogP contribution < -0.4 is 5.32 Å². The quantitative estimate of drug-likeness (QED) is 0.117. The van der Waals surface area contributed by atoms with Crippen LogP contribution in [0.4, 0.5) is 0 Å². The number of benzene rings is 1. The number of nitrogens with one attached hydrogen (secondary N) is 1. The zero-order chi connectivity index (χ0) is 35.2. The van der Waals surface area contributed by atoms with Crippen molar-refractivity contribution in [1.82, 2.24) is 5.32 Å². The number of hydrogen-bond donors (Lipinski definition) is 7. The zero-order valence-corrected chi connectivity index (χ0v) is 27.7. The van der Waals surface area contributed by atoms with Crippen molar-refractivity contribution >= 4 is 23.4 Å². The lowest BCUT2D eigenvalue weighted by Crippen LogP contribution is -2.45. The smallest absolute Gasteiger partial charge is 0.339 e. The Labute approximate surface area is 269 Å². The Bertz CT molecular complexity index is 1480. The predicted octanol–water partition coefficient (Wildman–Crippen LogP) is 3.37. The molecule has 46 heavy (non-hydrogen) atoms. The standard InChI is InChI=1S/C35H47NO10/c1-16(29(39)21(6)31(41)23(8)32(42)22(7)30(40)19(4)12-20(5)35(45)46)10-9-11-17(2)34(44)36-26-15-28(38)24-14-27(37)18(3)13-25(24)33(26)43/h11,13-16,21-23,29-32,37,39-42H,9-10H2,1-8H3,(H,36,44)(H,45,46)/b17-11+. The molecule has 0 saturated carbocycles. The van der Waals surface area contributed by atoms with E-state index in [0.717, 1.165) is 6.08 Å². The lowest BCUT2D eigenvalue weighted by Gasteiger charge is -2.36. The van der Waals surface area contributed by atoms with Crippen LogP contribution >= 0.6 is 0 Å². The fourth-order valence-corrected chi connectivity index (χ4v) is 5.53. The van der Waals surface area contributed by atoms with Crippen molar-refractivity contribution in [3.63, 3.8) is 0 Å². The number of aliphatic carboxylic acids is 1. The molecule has 0 spiro atoms. The Morgan fingerprint density at radius 1 is 0.891 bits per heavy atom. The lowest BCUT2D eigenvalue weighted by atomic mass is 9.77. The summed E-state index contributed by atoms with van der Waals surface area (Å²) < 4.78 is 0. The highest BCUT2D eigenvalue weighted by molar-refractivity contribution is 6.25. The van der Waals surface area contributed by atoms with E-state index in [2.05, 4.69) is 11.0 Å². The van der Waals surface area contributed by atoms with Crippen molar-refractivity contribution in [2.75, 3.05) is 0 Å². The molecule has 0 bridgehead atoms. The minimum Gasteiger partial charge on any atom is -0.508 e. The van der Waals surface area contributed by atoms with Gasteiger partial charge in [-0.3, -0.25) is 14.4 Å². The number of aromatic hydroxyl groups is 1. The predicted molar refractivity (Wildman–Crippen MR) is 171 cm³/mol. The largest absolute Gasteiger partial charge is 0.508 e. The Morgan fingerprint density at radius 3 is 2.04 bits per heavy atom. The molecule has 1 aliphatic rings. The molecular weight excluding hydrogens is 594 g/mol. The van der Waals surface area contributed by atoms with E-state index in [1.54, 1.807) is 47.6 Å². The Hall–Kier alpha value is -3.86. The Balaban J connectivity index is 1.98. The fourth-order valence-electron chi connectivity index (χ4n) is 5.53. The number of carbonyl (C=O) groups is 4. The summed E-state index contributed by atoms with van der Waals surface area (Å²) in [5.41, 5.74) is 3.48. The van der Waals surface area contributed by atoms with Gasteiger partial charge in [0.15, 0.2) is 5.78 Å². The van der Waals surface area contributed by atoms with Gasteiger partial charge in [-0.05, 0) is 69.7 Å². The molecule has 1 amide bonds. The van der Waals surface area contributed by atoms with Crippen molar-refractivity contribution in [2.45, 2.75) is 92.6 Å². The second-order valence-electron chi connectivity index (χ2n) is 12.6. The first-order valence-electron chi connectivity index (χ1n) is 15.3. The zero-order valence-electron chi connectivity index (χ0n) is 27.7. The van der Waals surface area contributed by atoms with Gasteiger partial charge in [0.05, 0.1) is 35.7 Å². The number of carboxylic acids is 1. The maximum absolute atomic E-state index is 12.9. The van der Waals surface area contributed by atoms with E-state index in [0.29, 0.717) is 24.0 Å². The third kappa shape index (κ3) is 9.11. The van der Waals surface area contributed by atoms with Gasteiger partial charge in [-0.2, -0.15) is 0 Å². The van der Waals surface area contributed by atoms with E-state index < -0.39 is 65.6 Å². The van der Waals surface area contributed by atoms with Crippen molar-refractivity contribution in [2.24, 2.45) is 23.7 Å². The number of allylic oxidation sites excluding steroid dienone is 3. The lowest BCUT2D eigenvalue weighted by molar-refractivity contribution is -0.132. The number of amides is 1. The number of ketones is 2. The van der Waals surface area contributed by atoms with Crippen LogP contribution in [0.3, 0.4) is 0 Å². The number of rotatable bonds is 14. The molecule has 252 valence electrons. The van der Waals surface area contributed by atoms with Crippen molar-refractivity contribution in [3.8, 4) is 5.75 Å². The maximum Gasteiger partial charge on any atom is 0.339 e. The summed E-state index contributed by atoms with van der Waals surface area (Å²) in [5.74, 6) is -5.36. The van der Waals surface area contributed by atoms with Gasteiger partial charge in [0.2, 0.25) is 5.78 Å². The summed E-state index contributed by atoms with van der Waals surface area (Å²) in [6.45, 7) is 12.7. The number of fused-ring (bicyclic) bond motifs is 1. The maximum atomic E-state index is 12.9. The van der Waals surface area contributed by atoms with Crippen LogP contribution in [0.5, 0.6) is 5.75 Å². The van der Waals surface area contributed by atoms with Gasteiger partial charge in [0, 0.05) is 40.5 Å². The molecule has 1 aromatic carbocycles. The van der Waals surface area contributed by atoms with Crippen molar-refractivity contribution in [1.29, 1.82) is 0 Å². The van der Waals surface area contributed by atoms with Gasteiger partial charge in [0.25, 0.3) is 5.91 Å². The molecule has 11 nitrogen and oxygen atoms in total. The molecular formula is C35H47NO10. The number of phenols is 1. The summed E-state index contributed by atoms with van der Waals surface area (Å²) >= 11 is 0. The topological polar surface area (TPSA) is 202 Å². The number of carbonyl (C=O) groups excluding carboxylic acids is 3. The number of hydrogen-bond acceptors (Lipinski definition) is 9.